The smallest absolute Gasteiger partial charge is 0.230 e. The van der Waals surface area contributed by atoms with Gasteiger partial charge in [-0.3, -0.25) is 4.98 Å². The quantitative estimate of drug-likeness (QED) is 0.535. The van der Waals surface area contributed by atoms with Crippen LogP contribution >= 0.6 is 0 Å². The van der Waals surface area contributed by atoms with E-state index in [0.717, 1.165) is 33.4 Å². The number of ether oxygens (including phenoxy) is 1. The lowest BCUT2D eigenvalue weighted by atomic mass is 10.1. The van der Waals surface area contributed by atoms with Gasteiger partial charge in [-0.2, -0.15) is 0 Å². The molecule has 5 nitrogen and oxygen atoms in total. The van der Waals surface area contributed by atoms with Gasteiger partial charge < -0.3 is 4.74 Å². The molecule has 0 atom stereocenters. The van der Waals surface area contributed by atoms with E-state index in [1.807, 2.05) is 69.4 Å². The van der Waals surface area contributed by atoms with Crippen molar-refractivity contribution in [3.63, 3.8) is 0 Å². The van der Waals surface area contributed by atoms with Crippen LogP contribution in [0.3, 0.4) is 0 Å². The molecule has 0 saturated carbocycles. The largest absolute Gasteiger partial charge is 0.436 e. The van der Waals surface area contributed by atoms with Crippen LogP contribution in [0.2, 0.25) is 0 Å². The summed E-state index contributed by atoms with van der Waals surface area (Å²) in [6.45, 7) is 6.01. The first-order chi connectivity index (χ1) is 12.6. The molecule has 0 spiro atoms. The number of hydrogen-bond acceptors (Lipinski definition) is 5. The number of hydrogen-bond donors (Lipinski definition) is 0. The molecule has 0 amide bonds. The predicted octanol–water partition coefficient (Wildman–Crippen LogP) is 4.80. The molecular weight excluding hydrogens is 324 g/mol. The molecule has 4 rings (SSSR count). The van der Waals surface area contributed by atoms with Crippen molar-refractivity contribution in [2.24, 2.45) is 0 Å². The molecule has 0 radical (unpaired) electrons. The van der Waals surface area contributed by atoms with E-state index in [4.69, 9.17) is 9.72 Å². The summed E-state index contributed by atoms with van der Waals surface area (Å²) in [5.74, 6) is 1.14. The fraction of sp³-hybridized carbons (Fsp3) is 0.143. The van der Waals surface area contributed by atoms with Crippen molar-refractivity contribution in [1.82, 2.24) is 19.9 Å². The molecular formula is C21H18N4O. The third-order valence-electron chi connectivity index (χ3n) is 4.30. The number of fused-ring (bicyclic) bond motifs is 1. The maximum atomic E-state index is 6.19. The fourth-order valence-corrected chi connectivity index (χ4v) is 2.72. The first-order valence-corrected chi connectivity index (χ1v) is 8.40. The van der Waals surface area contributed by atoms with Crippen LogP contribution in [0.15, 0.2) is 55.0 Å². The van der Waals surface area contributed by atoms with Gasteiger partial charge in [0, 0.05) is 11.9 Å². The summed E-state index contributed by atoms with van der Waals surface area (Å²) in [6, 6.07) is 13.7. The van der Waals surface area contributed by atoms with Crippen molar-refractivity contribution in [2.45, 2.75) is 20.8 Å². The van der Waals surface area contributed by atoms with Gasteiger partial charge in [-0.1, -0.05) is 18.2 Å². The molecule has 0 unspecified atom stereocenters. The number of nitrogens with zero attached hydrogens (tertiary/aromatic N) is 4. The second kappa shape index (κ2) is 6.52. The minimum absolute atomic E-state index is 0.508. The SMILES string of the molecule is Cc1ccc(-c2nc(C)c(C)cc2Oc2ncnc3ccccc23)nc1. The van der Waals surface area contributed by atoms with E-state index >= 15 is 0 Å². The van der Waals surface area contributed by atoms with E-state index in [1.54, 1.807) is 0 Å². The maximum absolute atomic E-state index is 6.19. The van der Waals surface area contributed by atoms with E-state index in [9.17, 15) is 0 Å². The van der Waals surface area contributed by atoms with Gasteiger partial charge >= 0.3 is 0 Å². The summed E-state index contributed by atoms with van der Waals surface area (Å²) in [7, 11) is 0. The summed E-state index contributed by atoms with van der Waals surface area (Å²) < 4.78 is 6.19. The summed E-state index contributed by atoms with van der Waals surface area (Å²) >= 11 is 0. The predicted molar refractivity (Wildman–Crippen MR) is 101 cm³/mol. The Labute approximate surface area is 151 Å². The molecule has 0 bridgehead atoms. The molecule has 0 aliphatic carbocycles. The average Bonchev–Trinajstić information content (AvgIpc) is 2.66. The third-order valence-corrected chi connectivity index (χ3v) is 4.30. The lowest BCUT2D eigenvalue weighted by Gasteiger charge is -2.13. The first-order valence-electron chi connectivity index (χ1n) is 8.40. The summed E-state index contributed by atoms with van der Waals surface area (Å²) in [5, 5.41) is 0.857. The Morgan fingerprint density at radius 3 is 2.54 bits per heavy atom. The highest BCUT2D eigenvalue weighted by atomic mass is 16.5. The Hall–Kier alpha value is -3.34. The number of pyridine rings is 2. The van der Waals surface area contributed by atoms with Gasteiger partial charge in [0.2, 0.25) is 5.88 Å². The van der Waals surface area contributed by atoms with Crippen LogP contribution in [0.4, 0.5) is 0 Å². The van der Waals surface area contributed by atoms with Crippen molar-refractivity contribution in [1.29, 1.82) is 0 Å². The van der Waals surface area contributed by atoms with Crippen LogP contribution in [0, 0.1) is 20.8 Å². The molecule has 0 fully saturated rings. The molecule has 3 heterocycles. The second-order valence-electron chi connectivity index (χ2n) is 6.26. The second-order valence-corrected chi connectivity index (χ2v) is 6.26. The number of aryl methyl sites for hydroxylation is 3. The maximum Gasteiger partial charge on any atom is 0.230 e. The highest BCUT2D eigenvalue weighted by Crippen LogP contribution is 2.34. The zero-order chi connectivity index (χ0) is 18.1. The minimum Gasteiger partial charge on any atom is -0.436 e. The zero-order valence-corrected chi connectivity index (χ0v) is 14.9. The monoisotopic (exact) mass is 342 g/mol. The van der Waals surface area contributed by atoms with E-state index in [-0.39, 0.29) is 0 Å². The molecule has 0 N–H and O–H groups in total. The highest BCUT2D eigenvalue weighted by molar-refractivity contribution is 5.83. The lowest BCUT2D eigenvalue weighted by Crippen LogP contribution is -1.99. The normalized spacial score (nSPS) is 10.9. The van der Waals surface area contributed by atoms with Crippen LogP contribution < -0.4 is 4.74 Å². The van der Waals surface area contributed by atoms with Crippen molar-refractivity contribution in [2.75, 3.05) is 0 Å². The Bertz CT molecular complexity index is 1090. The number of benzene rings is 1. The standard InChI is InChI=1S/C21H18N4O/c1-13-8-9-18(22-11-13)20-19(10-14(2)15(3)25-20)26-21-16-6-4-5-7-17(16)23-12-24-21/h4-12H,1-3H3. The van der Waals surface area contributed by atoms with Crippen LogP contribution in [0.1, 0.15) is 16.8 Å². The van der Waals surface area contributed by atoms with Gasteiger partial charge in [-0.15, -0.1) is 0 Å². The van der Waals surface area contributed by atoms with Gasteiger partial charge in [-0.05, 0) is 56.2 Å². The molecule has 1 aromatic carbocycles. The van der Waals surface area contributed by atoms with Crippen molar-refractivity contribution < 1.29 is 4.74 Å². The molecule has 26 heavy (non-hydrogen) atoms. The fourth-order valence-electron chi connectivity index (χ4n) is 2.72. The van der Waals surface area contributed by atoms with Gasteiger partial charge in [0.05, 0.1) is 16.6 Å². The van der Waals surface area contributed by atoms with Crippen molar-refractivity contribution >= 4 is 10.9 Å². The Balaban J connectivity index is 1.85. The summed E-state index contributed by atoms with van der Waals surface area (Å²) in [6.07, 6.45) is 3.34. The highest BCUT2D eigenvalue weighted by Gasteiger charge is 2.15. The van der Waals surface area contributed by atoms with E-state index in [2.05, 4.69) is 15.0 Å². The molecule has 128 valence electrons. The number of para-hydroxylation sites is 1. The first kappa shape index (κ1) is 16.1. The van der Waals surface area contributed by atoms with E-state index in [0.29, 0.717) is 17.3 Å². The zero-order valence-electron chi connectivity index (χ0n) is 14.9. The molecule has 3 aromatic heterocycles. The Morgan fingerprint density at radius 1 is 0.885 bits per heavy atom. The molecule has 5 heteroatoms. The lowest BCUT2D eigenvalue weighted by molar-refractivity contribution is 0.467. The van der Waals surface area contributed by atoms with Gasteiger partial charge in [-0.25, -0.2) is 15.0 Å². The molecule has 0 aliphatic rings. The van der Waals surface area contributed by atoms with Crippen LogP contribution in [0.5, 0.6) is 11.6 Å². The number of rotatable bonds is 3. The third kappa shape index (κ3) is 2.99. The van der Waals surface area contributed by atoms with Crippen LogP contribution in [-0.2, 0) is 0 Å². The van der Waals surface area contributed by atoms with Gasteiger partial charge in [0.25, 0.3) is 0 Å². The minimum atomic E-state index is 0.508. The topological polar surface area (TPSA) is 60.8 Å². The summed E-state index contributed by atoms with van der Waals surface area (Å²) in [5.41, 5.74) is 5.41. The van der Waals surface area contributed by atoms with Crippen LogP contribution in [0.25, 0.3) is 22.3 Å². The molecule has 0 aliphatic heterocycles. The van der Waals surface area contributed by atoms with E-state index in [1.165, 1.54) is 6.33 Å². The van der Waals surface area contributed by atoms with Crippen molar-refractivity contribution in [3.05, 3.63) is 71.8 Å². The van der Waals surface area contributed by atoms with E-state index < -0.39 is 0 Å². The molecule has 4 aromatic rings. The Kier molecular flexibility index (Phi) is 4.05. The van der Waals surface area contributed by atoms with Gasteiger partial charge in [0.1, 0.15) is 12.0 Å². The van der Waals surface area contributed by atoms with Gasteiger partial charge in [0.15, 0.2) is 5.75 Å². The van der Waals surface area contributed by atoms with Crippen molar-refractivity contribution in [3.8, 4) is 23.0 Å². The molecule has 0 saturated heterocycles. The summed E-state index contributed by atoms with van der Waals surface area (Å²) in [4.78, 5) is 17.8. The number of aromatic nitrogens is 4. The van der Waals surface area contributed by atoms with Crippen LogP contribution in [-0.4, -0.2) is 19.9 Å². The Morgan fingerprint density at radius 2 is 1.73 bits per heavy atom. The average molecular weight is 342 g/mol.